The molecule has 30 heavy (non-hydrogen) atoms. The van der Waals surface area contributed by atoms with Gasteiger partial charge in [-0.25, -0.2) is 13.4 Å². The van der Waals surface area contributed by atoms with Gasteiger partial charge in [-0.3, -0.25) is 0 Å². The maximum Gasteiger partial charge on any atom is 0.150 e. The molecule has 1 aromatic heterocycles. The number of aliphatic hydroxyl groups excluding tert-OH is 1. The van der Waals surface area contributed by atoms with Crippen LogP contribution in [0.1, 0.15) is 24.7 Å². The van der Waals surface area contributed by atoms with E-state index in [4.69, 9.17) is 9.72 Å². The molecule has 1 aliphatic rings. The van der Waals surface area contributed by atoms with Crippen LogP contribution >= 0.6 is 0 Å². The fourth-order valence-corrected chi connectivity index (χ4v) is 5.95. The monoisotopic (exact) mass is 428 g/mol. The van der Waals surface area contributed by atoms with Crippen LogP contribution < -0.4 is 4.74 Å². The number of hydrogen-bond acceptors (Lipinski definition) is 5. The van der Waals surface area contributed by atoms with Gasteiger partial charge in [-0.1, -0.05) is 31.2 Å². The van der Waals surface area contributed by atoms with Crippen molar-refractivity contribution in [1.82, 2.24) is 9.55 Å². The molecule has 2 unspecified atom stereocenters. The average Bonchev–Trinajstić information content (AvgIpc) is 3.26. The minimum Gasteiger partial charge on any atom is -0.491 e. The second-order valence-corrected chi connectivity index (χ2v) is 10.3. The van der Waals surface area contributed by atoms with Gasteiger partial charge in [0.2, 0.25) is 0 Å². The summed E-state index contributed by atoms with van der Waals surface area (Å²) in [5.41, 5.74) is 2.99. The fourth-order valence-electron chi connectivity index (χ4n) is 4.09. The summed E-state index contributed by atoms with van der Waals surface area (Å²) in [5, 5.41) is 10.7. The Morgan fingerprint density at radius 3 is 2.83 bits per heavy atom. The van der Waals surface area contributed by atoms with Crippen molar-refractivity contribution in [2.24, 2.45) is 5.92 Å². The van der Waals surface area contributed by atoms with E-state index < -0.39 is 15.9 Å². The predicted molar refractivity (Wildman–Crippen MR) is 118 cm³/mol. The molecule has 1 fully saturated rings. The van der Waals surface area contributed by atoms with E-state index in [2.05, 4.69) is 13.0 Å². The van der Waals surface area contributed by atoms with Crippen molar-refractivity contribution < 1.29 is 18.3 Å². The van der Waals surface area contributed by atoms with Gasteiger partial charge in [0, 0.05) is 6.42 Å². The number of nitrogens with zero attached hydrogens (tertiary/aromatic N) is 2. The molecule has 0 aliphatic carbocycles. The van der Waals surface area contributed by atoms with Crippen LogP contribution in [0.3, 0.4) is 0 Å². The Balaban J connectivity index is 1.49. The number of aryl methyl sites for hydroxylation is 1. The van der Waals surface area contributed by atoms with Crippen molar-refractivity contribution in [2.45, 2.75) is 38.8 Å². The Bertz CT molecular complexity index is 1120. The number of para-hydroxylation sites is 2. The minimum absolute atomic E-state index is 0.0794. The van der Waals surface area contributed by atoms with Crippen molar-refractivity contribution in [3.8, 4) is 5.75 Å². The molecule has 2 heterocycles. The second kappa shape index (κ2) is 8.78. The maximum atomic E-state index is 11.8. The molecule has 1 N–H and O–H groups in total. The molecule has 0 amide bonds. The zero-order valence-corrected chi connectivity index (χ0v) is 18.0. The van der Waals surface area contributed by atoms with Crippen LogP contribution in [-0.2, 0) is 29.2 Å². The quantitative estimate of drug-likeness (QED) is 0.596. The topological polar surface area (TPSA) is 81.4 Å². The van der Waals surface area contributed by atoms with Gasteiger partial charge in [0.15, 0.2) is 9.84 Å². The minimum atomic E-state index is -2.93. The third-order valence-corrected chi connectivity index (χ3v) is 7.51. The van der Waals surface area contributed by atoms with Crippen molar-refractivity contribution >= 4 is 20.9 Å². The zero-order chi connectivity index (χ0) is 21.1. The van der Waals surface area contributed by atoms with Crippen molar-refractivity contribution in [2.75, 3.05) is 18.1 Å². The Kier molecular flexibility index (Phi) is 6.11. The van der Waals surface area contributed by atoms with E-state index >= 15 is 0 Å². The molecule has 0 spiro atoms. The lowest BCUT2D eigenvalue weighted by Gasteiger charge is -2.17. The maximum absolute atomic E-state index is 11.8. The third kappa shape index (κ3) is 4.84. The largest absolute Gasteiger partial charge is 0.491 e. The summed E-state index contributed by atoms with van der Waals surface area (Å²) < 4.78 is 31.5. The number of fused-ring (bicyclic) bond motifs is 1. The van der Waals surface area contributed by atoms with Gasteiger partial charge >= 0.3 is 0 Å². The van der Waals surface area contributed by atoms with Crippen LogP contribution in [0.4, 0.5) is 0 Å². The first-order chi connectivity index (χ1) is 14.4. The molecule has 0 saturated carbocycles. The first kappa shape index (κ1) is 20.9. The van der Waals surface area contributed by atoms with E-state index in [9.17, 15) is 13.5 Å². The van der Waals surface area contributed by atoms with E-state index in [1.807, 2.05) is 47.0 Å². The first-order valence-corrected chi connectivity index (χ1v) is 12.3. The molecule has 6 nitrogen and oxygen atoms in total. The number of benzene rings is 2. The number of ether oxygens (including phenoxy) is 1. The van der Waals surface area contributed by atoms with Crippen molar-refractivity contribution in [1.29, 1.82) is 0 Å². The summed E-state index contributed by atoms with van der Waals surface area (Å²) in [7, 11) is -2.93. The Hall–Kier alpha value is -2.38. The predicted octanol–water partition coefficient (Wildman–Crippen LogP) is 3.02. The lowest BCUT2D eigenvalue weighted by atomic mass is 10.1. The van der Waals surface area contributed by atoms with Crippen LogP contribution in [0.5, 0.6) is 5.75 Å². The highest BCUT2D eigenvalue weighted by Crippen LogP contribution is 2.25. The number of hydrogen-bond donors (Lipinski definition) is 1. The summed E-state index contributed by atoms with van der Waals surface area (Å²) in [5.74, 6) is 2.13. The second-order valence-electron chi connectivity index (χ2n) is 8.07. The molecular weight excluding hydrogens is 400 g/mol. The molecule has 0 bridgehead atoms. The molecular formula is C23H28N2O4S. The standard InChI is InChI=1S/C23H28N2O4S/c1-2-17-6-5-7-20(12-17)29-15-19(26)14-25-22-9-4-3-8-21(22)24-23(25)13-18-10-11-30(27,28)16-18/h3-9,12,18-19,26H,2,10-11,13-16H2,1H3. The molecule has 1 saturated heterocycles. The molecule has 1 aliphatic heterocycles. The number of sulfone groups is 1. The molecule has 4 rings (SSSR count). The summed E-state index contributed by atoms with van der Waals surface area (Å²) in [4.78, 5) is 4.73. The summed E-state index contributed by atoms with van der Waals surface area (Å²) in [6.45, 7) is 2.62. The van der Waals surface area contributed by atoms with Crippen molar-refractivity contribution in [3.63, 3.8) is 0 Å². The molecule has 3 aromatic rings. The Morgan fingerprint density at radius 1 is 1.23 bits per heavy atom. The van der Waals surface area contributed by atoms with Gasteiger partial charge in [-0.2, -0.15) is 0 Å². The number of imidazole rings is 1. The van der Waals surface area contributed by atoms with Gasteiger partial charge in [-0.15, -0.1) is 0 Å². The lowest BCUT2D eigenvalue weighted by Crippen LogP contribution is -2.25. The highest BCUT2D eigenvalue weighted by molar-refractivity contribution is 7.91. The number of rotatable bonds is 8. The van der Waals surface area contributed by atoms with Gasteiger partial charge < -0.3 is 14.4 Å². The van der Waals surface area contributed by atoms with Crippen LogP contribution in [-0.4, -0.2) is 47.3 Å². The third-order valence-electron chi connectivity index (χ3n) is 5.67. The fraction of sp³-hybridized carbons (Fsp3) is 0.435. The van der Waals surface area contributed by atoms with E-state index in [0.717, 1.165) is 29.0 Å². The van der Waals surface area contributed by atoms with Crippen LogP contribution in [0, 0.1) is 5.92 Å². The van der Waals surface area contributed by atoms with Crippen LogP contribution in [0.25, 0.3) is 11.0 Å². The van der Waals surface area contributed by atoms with E-state index in [-0.39, 0.29) is 24.0 Å². The zero-order valence-electron chi connectivity index (χ0n) is 17.2. The van der Waals surface area contributed by atoms with Gasteiger partial charge in [-0.05, 0) is 48.6 Å². The van der Waals surface area contributed by atoms with Gasteiger partial charge in [0.1, 0.15) is 24.3 Å². The average molecular weight is 429 g/mol. The van der Waals surface area contributed by atoms with Gasteiger partial charge in [0.05, 0.1) is 29.1 Å². The van der Waals surface area contributed by atoms with Crippen LogP contribution in [0.2, 0.25) is 0 Å². The summed E-state index contributed by atoms with van der Waals surface area (Å²) >= 11 is 0. The highest BCUT2D eigenvalue weighted by atomic mass is 32.2. The molecule has 7 heteroatoms. The lowest BCUT2D eigenvalue weighted by molar-refractivity contribution is 0.0925. The number of aromatic nitrogens is 2. The molecule has 2 atom stereocenters. The highest BCUT2D eigenvalue weighted by Gasteiger charge is 2.29. The van der Waals surface area contributed by atoms with Crippen LogP contribution in [0.15, 0.2) is 48.5 Å². The first-order valence-electron chi connectivity index (χ1n) is 10.5. The normalized spacial score (nSPS) is 19.2. The van der Waals surface area contributed by atoms with Crippen molar-refractivity contribution in [3.05, 3.63) is 59.9 Å². The van der Waals surface area contributed by atoms with E-state index in [1.54, 1.807) is 0 Å². The smallest absolute Gasteiger partial charge is 0.150 e. The Morgan fingerprint density at radius 2 is 2.07 bits per heavy atom. The Labute approximate surface area is 177 Å². The molecule has 2 aromatic carbocycles. The van der Waals surface area contributed by atoms with E-state index in [1.165, 1.54) is 5.56 Å². The van der Waals surface area contributed by atoms with E-state index in [0.29, 0.717) is 19.4 Å². The molecule has 160 valence electrons. The summed E-state index contributed by atoms with van der Waals surface area (Å²) in [6.07, 6.45) is 1.49. The van der Waals surface area contributed by atoms with Gasteiger partial charge in [0.25, 0.3) is 0 Å². The summed E-state index contributed by atoms with van der Waals surface area (Å²) in [6, 6.07) is 15.7. The number of aliphatic hydroxyl groups is 1. The SMILES string of the molecule is CCc1cccc(OCC(O)Cn2c(CC3CCS(=O)(=O)C3)nc3ccccc32)c1. The molecule has 0 radical (unpaired) electrons.